The second-order valence-corrected chi connectivity index (χ2v) is 8.37. The van der Waals surface area contributed by atoms with Gasteiger partial charge < -0.3 is 4.57 Å². The van der Waals surface area contributed by atoms with E-state index in [9.17, 15) is 4.39 Å². The van der Waals surface area contributed by atoms with Crippen LogP contribution >= 0.6 is 31.9 Å². The fourth-order valence-corrected chi connectivity index (χ4v) is 5.67. The Labute approximate surface area is 161 Å². The first-order valence-corrected chi connectivity index (χ1v) is 10.1. The lowest BCUT2D eigenvalue weighted by Crippen LogP contribution is -2.33. The van der Waals surface area contributed by atoms with Gasteiger partial charge in [0.25, 0.3) is 5.92 Å². The van der Waals surface area contributed by atoms with Gasteiger partial charge in [-0.3, -0.25) is 0 Å². The summed E-state index contributed by atoms with van der Waals surface area (Å²) in [7, 11) is 0. The molecule has 0 bridgehead atoms. The van der Waals surface area contributed by atoms with Crippen molar-refractivity contribution in [1.29, 1.82) is 0 Å². The Bertz CT molecular complexity index is 813. The van der Waals surface area contributed by atoms with Gasteiger partial charge in [0, 0.05) is 23.5 Å². The number of rotatable bonds is 3. The van der Waals surface area contributed by atoms with Crippen molar-refractivity contribution in [1.82, 2.24) is 9.55 Å². The standard InChI is InChI=1S/C18H17Br2F3N2/c19-16-15-11-7-4-8-12(21)14(11)13(25(15)17(20)24-16)9-18(22,23)10-5-2-1-3-6-10/h4,7-8,10,13H,1-3,5-6,9H2. The lowest BCUT2D eigenvalue weighted by atomic mass is 9.81. The number of hydrogen-bond acceptors (Lipinski definition) is 1. The zero-order valence-corrected chi connectivity index (χ0v) is 16.6. The molecule has 1 unspecified atom stereocenters. The van der Waals surface area contributed by atoms with Gasteiger partial charge in [-0.25, -0.2) is 18.2 Å². The predicted octanol–water partition coefficient (Wildman–Crippen LogP) is 6.72. The number of nitrogens with zero attached hydrogens (tertiary/aromatic N) is 2. The maximum Gasteiger partial charge on any atom is 0.253 e. The van der Waals surface area contributed by atoms with E-state index in [1.54, 1.807) is 16.7 Å². The van der Waals surface area contributed by atoms with Crippen LogP contribution in [0, 0.1) is 11.7 Å². The van der Waals surface area contributed by atoms with Crippen molar-refractivity contribution in [2.75, 3.05) is 0 Å². The fraction of sp³-hybridized carbons (Fsp3) is 0.500. The van der Waals surface area contributed by atoms with Crippen LogP contribution in [0.2, 0.25) is 0 Å². The molecule has 4 rings (SSSR count). The molecule has 7 heteroatoms. The molecule has 1 atom stereocenters. The monoisotopic (exact) mass is 476 g/mol. The van der Waals surface area contributed by atoms with E-state index < -0.39 is 30.1 Å². The second kappa shape index (κ2) is 6.41. The molecular weight excluding hydrogens is 461 g/mol. The van der Waals surface area contributed by atoms with E-state index in [4.69, 9.17) is 0 Å². The first-order valence-electron chi connectivity index (χ1n) is 8.50. The number of fused-ring (bicyclic) bond motifs is 3. The highest BCUT2D eigenvalue weighted by Gasteiger charge is 2.46. The Morgan fingerprint density at radius 3 is 2.60 bits per heavy atom. The van der Waals surface area contributed by atoms with E-state index >= 15 is 8.78 Å². The molecule has 2 aromatic rings. The van der Waals surface area contributed by atoms with Crippen LogP contribution in [0.5, 0.6) is 0 Å². The molecule has 2 aliphatic rings. The van der Waals surface area contributed by atoms with Gasteiger partial charge >= 0.3 is 0 Å². The third-order valence-corrected chi connectivity index (χ3v) is 6.56. The van der Waals surface area contributed by atoms with Gasteiger partial charge in [-0.15, -0.1) is 0 Å². The van der Waals surface area contributed by atoms with Gasteiger partial charge in [-0.05, 0) is 50.8 Å². The maximum atomic E-state index is 15.0. The van der Waals surface area contributed by atoms with Crippen LogP contribution < -0.4 is 0 Å². The number of hydrogen-bond donors (Lipinski definition) is 0. The Balaban J connectivity index is 1.77. The molecule has 1 aromatic carbocycles. The second-order valence-electron chi connectivity index (χ2n) is 6.91. The summed E-state index contributed by atoms with van der Waals surface area (Å²) in [5, 5.41) is 0. The maximum absolute atomic E-state index is 15.0. The van der Waals surface area contributed by atoms with Gasteiger partial charge in [0.2, 0.25) is 0 Å². The van der Waals surface area contributed by atoms with E-state index in [2.05, 4.69) is 36.8 Å². The van der Waals surface area contributed by atoms with E-state index in [0.717, 1.165) is 19.3 Å². The summed E-state index contributed by atoms with van der Waals surface area (Å²) < 4.78 is 47.3. The van der Waals surface area contributed by atoms with Crippen molar-refractivity contribution in [3.8, 4) is 11.3 Å². The third kappa shape index (κ3) is 2.87. The van der Waals surface area contributed by atoms with Crippen molar-refractivity contribution in [3.05, 3.63) is 38.9 Å². The molecule has 1 aromatic heterocycles. The van der Waals surface area contributed by atoms with E-state index in [-0.39, 0.29) is 0 Å². The highest BCUT2D eigenvalue weighted by Crippen LogP contribution is 2.51. The first kappa shape index (κ1) is 17.6. The smallest absolute Gasteiger partial charge is 0.253 e. The normalized spacial score (nSPS) is 20.6. The molecule has 1 fully saturated rings. The quantitative estimate of drug-likeness (QED) is 0.479. The average molecular weight is 478 g/mol. The van der Waals surface area contributed by atoms with Crippen molar-refractivity contribution in [2.45, 2.75) is 50.5 Å². The summed E-state index contributed by atoms with van der Waals surface area (Å²) in [4.78, 5) is 4.28. The minimum Gasteiger partial charge on any atom is -0.310 e. The Morgan fingerprint density at radius 1 is 1.16 bits per heavy atom. The molecule has 0 amide bonds. The van der Waals surface area contributed by atoms with Crippen LogP contribution in [-0.2, 0) is 0 Å². The van der Waals surface area contributed by atoms with Crippen LogP contribution in [0.25, 0.3) is 11.3 Å². The zero-order chi connectivity index (χ0) is 17.8. The molecule has 134 valence electrons. The van der Waals surface area contributed by atoms with Gasteiger partial charge in [0.05, 0.1) is 11.7 Å². The lowest BCUT2D eigenvalue weighted by molar-refractivity contribution is -0.0838. The summed E-state index contributed by atoms with van der Waals surface area (Å²) in [5.74, 6) is -3.89. The number of imidazole rings is 1. The molecule has 0 saturated heterocycles. The van der Waals surface area contributed by atoms with Crippen LogP contribution in [0.15, 0.2) is 27.5 Å². The van der Waals surface area contributed by atoms with Gasteiger partial charge in [0.1, 0.15) is 10.4 Å². The summed E-state index contributed by atoms with van der Waals surface area (Å²) >= 11 is 6.72. The van der Waals surface area contributed by atoms with Gasteiger partial charge in [0.15, 0.2) is 4.73 Å². The van der Waals surface area contributed by atoms with Crippen LogP contribution in [0.1, 0.15) is 50.1 Å². The van der Waals surface area contributed by atoms with Crippen LogP contribution in [-0.4, -0.2) is 15.5 Å². The molecule has 1 aliphatic heterocycles. The Kier molecular flexibility index (Phi) is 4.51. The number of halogens is 5. The molecule has 1 saturated carbocycles. The number of aromatic nitrogens is 2. The SMILES string of the molecule is Fc1cccc2c1C(CC(F)(F)C1CCCCC1)n1c(Br)nc(Br)c1-2. The van der Waals surface area contributed by atoms with E-state index in [1.165, 1.54) is 6.07 Å². The topological polar surface area (TPSA) is 17.8 Å². The number of benzene rings is 1. The molecule has 1 aliphatic carbocycles. The molecule has 2 heterocycles. The largest absolute Gasteiger partial charge is 0.310 e. The third-order valence-electron chi connectivity index (χ3n) is 5.45. The van der Waals surface area contributed by atoms with E-state index in [0.29, 0.717) is 39.0 Å². The summed E-state index contributed by atoms with van der Waals surface area (Å²) in [6.45, 7) is 0. The van der Waals surface area contributed by atoms with Crippen molar-refractivity contribution < 1.29 is 13.2 Å². The molecule has 2 nitrogen and oxygen atoms in total. The van der Waals surface area contributed by atoms with Crippen molar-refractivity contribution in [2.24, 2.45) is 5.92 Å². The molecule has 0 spiro atoms. The first-order chi connectivity index (χ1) is 11.9. The molecule has 0 radical (unpaired) electrons. The summed E-state index contributed by atoms with van der Waals surface area (Å²) in [5.41, 5.74) is 1.64. The predicted molar refractivity (Wildman–Crippen MR) is 97.3 cm³/mol. The number of alkyl halides is 2. The highest BCUT2D eigenvalue weighted by atomic mass is 79.9. The Morgan fingerprint density at radius 2 is 1.88 bits per heavy atom. The zero-order valence-electron chi connectivity index (χ0n) is 13.4. The summed E-state index contributed by atoms with van der Waals surface area (Å²) in [6.07, 6.45) is 3.41. The molecule has 25 heavy (non-hydrogen) atoms. The lowest BCUT2D eigenvalue weighted by Gasteiger charge is -2.32. The van der Waals surface area contributed by atoms with Crippen LogP contribution in [0.4, 0.5) is 13.2 Å². The highest BCUT2D eigenvalue weighted by molar-refractivity contribution is 9.11. The van der Waals surface area contributed by atoms with Gasteiger partial charge in [-0.1, -0.05) is 31.4 Å². The molecular formula is C18H17Br2F3N2. The summed E-state index contributed by atoms with van der Waals surface area (Å²) in [6, 6.07) is 3.96. The fourth-order valence-electron chi connectivity index (χ4n) is 4.26. The minimum atomic E-state index is -2.83. The van der Waals surface area contributed by atoms with Crippen LogP contribution in [0.3, 0.4) is 0 Å². The van der Waals surface area contributed by atoms with E-state index in [1.807, 2.05) is 0 Å². The Hall–Kier alpha value is -0.820. The van der Waals surface area contributed by atoms with Crippen molar-refractivity contribution in [3.63, 3.8) is 0 Å². The average Bonchev–Trinajstić information content (AvgIpc) is 3.06. The minimum absolute atomic E-state index is 0.344. The molecule has 0 N–H and O–H groups in total. The van der Waals surface area contributed by atoms with Crippen molar-refractivity contribution >= 4 is 31.9 Å². The van der Waals surface area contributed by atoms with Gasteiger partial charge in [-0.2, -0.15) is 0 Å².